The third-order valence-corrected chi connectivity index (χ3v) is 4.43. The second-order valence-electron chi connectivity index (χ2n) is 5.80. The molecule has 1 fully saturated rings. The molecule has 3 heterocycles. The Morgan fingerprint density at radius 2 is 2.05 bits per heavy atom. The Balaban J connectivity index is 0.000000847. The first-order valence-electron chi connectivity index (χ1n) is 8.18. The van der Waals surface area contributed by atoms with Crippen LogP contribution in [0.2, 0.25) is 0 Å². The Labute approximate surface area is 133 Å². The average molecular weight is 308 g/mol. The summed E-state index contributed by atoms with van der Waals surface area (Å²) < 4.78 is 7.03. The van der Waals surface area contributed by atoms with Gasteiger partial charge in [-0.3, -0.25) is 4.68 Å². The minimum Gasteiger partial charge on any atom is -0.453 e. The standard InChI is InChI=1S/C14H22N4O2.C2H6/c1-10-12-9-17(14(19)20-3)7-5-13(12)18(15-10)11-4-6-16(2)8-11;1-2/h11H,4-9H2,1-3H3;1-2H3. The number of hydrogen-bond donors (Lipinski definition) is 0. The van der Waals surface area contributed by atoms with E-state index < -0.39 is 0 Å². The van der Waals surface area contributed by atoms with Gasteiger partial charge in [0.2, 0.25) is 0 Å². The van der Waals surface area contributed by atoms with E-state index in [0.717, 1.165) is 31.6 Å². The van der Waals surface area contributed by atoms with E-state index >= 15 is 0 Å². The fraction of sp³-hybridized carbons (Fsp3) is 0.750. The van der Waals surface area contributed by atoms with E-state index in [1.165, 1.54) is 18.4 Å². The Bertz CT molecular complexity index is 526. The van der Waals surface area contributed by atoms with Crippen molar-refractivity contribution in [2.45, 2.75) is 46.2 Å². The molecule has 0 bridgehead atoms. The third kappa shape index (κ3) is 3.11. The Morgan fingerprint density at radius 1 is 1.32 bits per heavy atom. The molecule has 2 aliphatic heterocycles. The molecule has 3 rings (SSSR count). The number of nitrogens with zero attached hydrogens (tertiary/aromatic N) is 4. The van der Waals surface area contributed by atoms with Crippen molar-refractivity contribution in [3.8, 4) is 0 Å². The SMILES string of the molecule is CC.COC(=O)N1CCc2c(c(C)nn2C2CCN(C)C2)C1. The number of carbonyl (C=O) groups excluding carboxylic acids is 1. The molecular weight excluding hydrogens is 280 g/mol. The number of likely N-dealkylation sites (tertiary alicyclic amines) is 1. The first-order chi connectivity index (χ1) is 10.6. The molecule has 1 unspecified atom stereocenters. The van der Waals surface area contributed by atoms with Crippen molar-refractivity contribution in [2.24, 2.45) is 0 Å². The number of hydrogen-bond acceptors (Lipinski definition) is 4. The normalized spacial score (nSPS) is 21.1. The molecule has 1 aromatic rings. The fourth-order valence-electron chi connectivity index (χ4n) is 3.31. The Hall–Kier alpha value is -1.56. The first kappa shape index (κ1) is 16.8. The number of ether oxygens (including phenoxy) is 1. The molecule has 22 heavy (non-hydrogen) atoms. The van der Waals surface area contributed by atoms with Crippen LogP contribution in [-0.4, -0.2) is 59.5 Å². The number of carbonyl (C=O) groups is 1. The lowest BCUT2D eigenvalue weighted by molar-refractivity contribution is 0.118. The van der Waals surface area contributed by atoms with Crippen LogP contribution in [0.25, 0.3) is 0 Å². The maximum atomic E-state index is 11.7. The highest BCUT2D eigenvalue weighted by molar-refractivity contribution is 5.68. The van der Waals surface area contributed by atoms with Crippen LogP contribution in [0, 0.1) is 6.92 Å². The van der Waals surface area contributed by atoms with Gasteiger partial charge in [0.05, 0.1) is 25.4 Å². The Morgan fingerprint density at radius 3 is 2.64 bits per heavy atom. The summed E-state index contributed by atoms with van der Waals surface area (Å²) in [4.78, 5) is 15.8. The molecule has 1 aromatic heterocycles. The topological polar surface area (TPSA) is 50.6 Å². The van der Waals surface area contributed by atoms with E-state index in [0.29, 0.717) is 19.1 Å². The highest BCUT2D eigenvalue weighted by atomic mass is 16.5. The van der Waals surface area contributed by atoms with Crippen LogP contribution in [0.15, 0.2) is 0 Å². The highest BCUT2D eigenvalue weighted by Crippen LogP contribution is 2.28. The van der Waals surface area contributed by atoms with E-state index in [1.54, 1.807) is 4.90 Å². The van der Waals surface area contributed by atoms with Gasteiger partial charge in [-0.25, -0.2) is 4.79 Å². The van der Waals surface area contributed by atoms with Crippen LogP contribution < -0.4 is 0 Å². The second kappa shape index (κ2) is 7.13. The summed E-state index contributed by atoms with van der Waals surface area (Å²) in [6, 6.07) is 0.479. The molecule has 1 amide bonds. The predicted octanol–water partition coefficient (Wildman–Crippen LogP) is 2.22. The number of rotatable bonds is 1. The lowest BCUT2D eigenvalue weighted by Crippen LogP contribution is -2.36. The first-order valence-corrected chi connectivity index (χ1v) is 8.18. The van der Waals surface area contributed by atoms with Crippen LogP contribution in [-0.2, 0) is 17.7 Å². The van der Waals surface area contributed by atoms with Gasteiger partial charge in [0.25, 0.3) is 0 Å². The molecule has 0 radical (unpaired) electrons. The maximum absolute atomic E-state index is 11.7. The van der Waals surface area contributed by atoms with Gasteiger partial charge in [0, 0.05) is 30.8 Å². The monoisotopic (exact) mass is 308 g/mol. The zero-order valence-electron chi connectivity index (χ0n) is 14.4. The third-order valence-electron chi connectivity index (χ3n) is 4.43. The van der Waals surface area contributed by atoms with E-state index in [2.05, 4.69) is 16.6 Å². The molecule has 0 aromatic carbocycles. The van der Waals surface area contributed by atoms with Crippen LogP contribution >= 0.6 is 0 Å². The zero-order chi connectivity index (χ0) is 16.3. The number of likely N-dealkylation sites (N-methyl/N-ethyl adjacent to an activating group) is 1. The van der Waals surface area contributed by atoms with Crippen molar-refractivity contribution in [2.75, 3.05) is 33.8 Å². The van der Waals surface area contributed by atoms with Crippen molar-refractivity contribution in [1.82, 2.24) is 19.6 Å². The molecule has 124 valence electrons. The summed E-state index contributed by atoms with van der Waals surface area (Å²) in [7, 11) is 3.59. The zero-order valence-corrected chi connectivity index (χ0v) is 14.4. The van der Waals surface area contributed by atoms with Crippen molar-refractivity contribution in [1.29, 1.82) is 0 Å². The molecule has 6 heteroatoms. The van der Waals surface area contributed by atoms with Crippen molar-refractivity contribution in [3.05, 3.63) is 17.0 Å². The molecule has 1 atom stereocenters. The average Bonchev–Trinajstić information content (AvgIpc) is 3.12. The summed E-state index contributed by atoms with van der Waals surface area (Å²) in [5.74, 6) is 0. The molecule has 0 saturated carbocycles. The molecule has 2 aliphatic rings. The van der Waals surface area contributed by atoms with Crippen molar-refractivity contribution >= 4 is 6.09 Å². The summed E-state index contributed by atoms with van der Waals surface area (Å²) in [6.45, 7) is 9.57. The van der Waals surface area contributed by atoms with Gasteiger partial charge >= 0.3 is 6.09 Å². The van der Waals surface area contributed by atoms with E-state index in [4.69, 9.17) is 9.84 Å². The minimum atomic E-state index is -0.247. The summed E-state index contributed by atoms with van der Waals surface area (Å²) in [5.41, 5.74) is 3.56. The van der Waals surface area contributed by atoms with Gasteiger partial charge in [-0.2, -0.15) is 5.10 Å². The smallest absolute Gasteiger partial charge is 0.409 e. The number of aromatic nitrogens is 2. The minimum absolute atomic E-state index is 0.247. The number of methoxy groups -OCH3 is 1. The van der Waals surface area contributed by atoms with Gasteiger partial charge in [-0.1, -0.05) is 13.8 Å². The highest BCUT2D eigenvalue weighted by Gasteiger charge is 2.30. The van der Waals surface area contributed by atoms with Crippen LogP contribution in [0.4, 0.5) is 4.79 Å². The van der Waals surface area contributed by atoms with Gasteiger partial charge in [-0.05, 0) is 26.9 Å². The molecule has 6 nitrogen and oxygen atoms in total. The molecule has 0 aliphatic carbocycles. The van der Waals surface area contributed by atoms with Crippen LogP contribution in [0.3, 0.4) is 0 Å². The summed E-state index contributed by atoms with van der Waals surface area (Å²) >= 11 is 0. The quantitative estimate of drug-likeness (QED) is 0.798. The number of fused-ring (bicyclic) bond motifs is 1. The summed E-state index contributed by atoms with van der Waals surface area (Å²) in [6.07, 6.45) is 1.78. The number of amides is 1. The molecule has 0 spiro atoms. The van der Waals surface area contributed by atoms with Crippen LogP contribution in [0.5, 0.6) is 0 Å². The van der Waals surface area contributed by atoms with E-state index in [1.807, 2.05) is 20.8 Å². The van der Waals surface area contributed by atoms with Gasteiger partial charge in [-0.15, -0.1) is 0 Å². The van der Waals surface area contributed by atoms with Crippen molar-refractivity contribution < 1.29 is 9.53 Å². The lowest BCUT2D eigenvalue weighted by atomic mass is 10.1. The lowest BCUT2D eigenvalue weighted by Gasteiger charge is -2.27. The number of aryl methyl sites for hydroxylation is 1. The largest absolute Gasteiger partial charge is 0.453 e. The van der Waals surface area contributed by atoms with Gasteiger partial charge in [0.15, 0.2) is 0 Å². The van der Waals surface area contributed by atoms with Gasteiger partial charge < -0.3 is 14.5 Å². The maximum Gasteiger partial charge on any atom is 0.409 e. The van der Waals surface area contributed by atoms with E-state index in [-0.39, 0.29) is 6.09 Å². The predicted molar refractivity (Wildman–Crippen MR) is 86.0 cm³/mol. The summed E-state index contributed by atoms with van der Waals surface area (Å²) in [5, 5.41) is 4.74. The second-order valence-corrected chi connectivity index (χ2v) is 5.80. The Kier molecular flexibility index (Phi) is 5.45. The molecule has 0 N–H and O–H groups in total. The van der Waals surface area contributed by atoms with Crippen LogP contribution in [0.1, 0.15) is 43.3 Å². The van der Waals surface area contributed by atoms with E-state index in [9.17, 15) is 4.79 Å². The molecular formula is C16H28N4O2. The van der Waals surface area contributed by atoms with Crippen molar-refractivity contribution in [3.63, 3.8) is 0 Å². The molecule has 1 saturated heterocycles. The fourth-order valence-corrected chi connectivity index (χ4v) is 3.31. The van der Waals surface area contributed by atoms with Gasteiger partial charge in [0.1, 0.15) is 0 Å².